The number of benzene rings is 2. The molecule has 0 radical (unpaired) electrons. The van der Waals surface area contributed by atoms with Gasteiger partial charge in [0.05, 0.1) is 0 Å². The molecule has 2 aliphatic rings. The van der Waals surface area contributed by atoms with Crippen LogP contribution < -0.4 is 0 Å². The monoisotopic (exact) mass is 204 g/mol. The van der Waals surface area contributed by atoms with Gasteiger partial charge in [-0.15, -0.1) is 0 Å². The molecule has 1 atom stereocenters. The molecule has 16 heavy (non-hydrogen) atoms. The van der Waals surface area contributed by atoms with Crippen LogP contribution in [0.3, 0.4) is 0 Å². The van der Waals surface area contributed by atoms with Crippen molar-refractivity contribution in [3.05, 3.63) is 76.4 Å². The van der Waals surface area contributed by atoms with Gasteiger partial charge in [0, 0.05) is 5.92 Å². The minimum Gasteiger partial charge on any atom is -0.0720 e. The Morgan fingerprint density at radius 3 is 2.75 bits per heavy atom. The van der Waals surface area contributed by atoms with E-state index in [0.29, 0.717) is 5.92 Å². The summed E-state index contributed by atoms with van der Waals surface area (Å²) >= 11 is 0. The van der Waals surface area contributed by atoms with E-state index in [9.17, 15) is 0 Å². The first-order valence-corrected chi connectivity index (χ1v) is 5.81. The summed E-state index contributed by atoms with van der Waals surface area (Å²) in [6.07, 6.45) is 5.70. The number of fused-ring (bicyclic) bond motifs is 2. The fraction of sp³-hybridized carbons (Fsp3) is 0.125. The normalized spacial score (nSPS) is 19.4. The zero-order chi connectivity index (χ0) is 10.5. The SMILES string of the molecule is C1=CC2c3ccccc3Cc3cccc1c32. The molecule has 0 bridgehead atoms. The summed E-state index contributed by atoms with van der Waals surface area (Å²) in [5, 5.41) is 0. The number of allylic oxidation sites excluding steroid dienone is 1. The van der Waals surface area contributed by atoms with Gasteiger partial charge in [-0.25, -0.2) is 0 Å². The van der Waals surface area contributed by atoms with Gasteiger partial charge in [0.25, 0.3) is 0 Å². The van der Waals surface area contributed by atoms with Crippen LogP contribution in [0.2, 0.25) is 0 Å². The Bertz CT molecular complexity index is 605. The molecule has 0 heteroatoms. The summed E-state index contributed by atoms with van der Waals surface area (Å²) in [5.74, 6) is 0.510. The Morgan fingerprint density at radius 2 is 1.75 bits per heavy atom. The van der Waals surface area contributed by atoms with Crippen LogP contribution in [0.25, 0.3) is 6.08 Å². The zero-order valence-electron chi connectivity index (χ0n) is 8.98. The lowest BCUT2D eigenvalue weighted by atomic mass is 9.79. The second-order valence-electron chi connectivity index (χ2n) is 4.63. The highest BCUT2D eigenvalue weighted by molar-refractivity contribution is 5.70. The average molecular weight is 204 g/mol. The number of hydrogen-bond donors (Lipinski definition) is 0. The summed E-state index contributed by atoms with van der Waals surface area (Å²) in [6, 6.07) is 15.5. The first-order valence-electron chi connectivity index (χ1n) is 5.81. The van der Waals surface area contributed by atoms with E-state index in [2.05, 4.69) is 54.6 Å². The van der Waals surface area contributed by atoms with Crippen LogP contribution in [0, 0.1) is 0 Å². The van der Waals surface area contributed by atoms with Crippen LogP contribution in [-0.2, 0) is 6.42 Å². The van der Waals surface area contributed by atoms with Crippen LogP contribution >= 0.6 is 0 Å². The Kier molecular flexibility index (Phi) is 1.49. The van der Waals surface area contributed by atoms with Gasteiger partial charge in [-0.1, -0.05) is 54.6 Å². The third kappa shape index (κ3) is 0.943. The van der Waals surface area contributed by atoms with E-state index in [0.717, 1.165) is 6.42 Å². The highest BCUT2D eigenvalue weighted by Gasteiger charge is 2.27. The first kappa shape index (κ1) is 8.35. The van der Waals surface area contributed by atoms with Crippen molar-refractivity contribution in [1.82, 2.24) is 0 Å². The predicted molar refractivity (Wildman–Crippen MR) is 66.6 cm³/mol. The Balaban J connectivity index is 2.04. The van der Waals surface area contributed by atoms with E-state index in [1.165, 1.54) is 22.3 Å². The Morgan fingerprint density at radius 1 is 0.875 bits per heavy atom. The highest BCUT2D eigenvalue weighted by Crippen LogP contribution is 2.43. The van der Waals surface area contributed by atoms with Gasteiger partial charge in [0.15, 0.2) is 0 Å². The maximum absolute atomic E-state index is 2.34. The van der Waals surface area contributed by atoms with Crippen LogP contribution in [0.5, 0.6) is 0 Å². The van der Waals surface area contributed by atoms with Crippen molar-refractivity contribution < 1.29 is 0 Å². The minimum absolute atomic E-state index is 0.510. The summed E-state index contributed by atoms with van der Waals surface area (Å²) < 4.78 is 0. The number of rotatable bonds is 0. The molecule has 0 heterocycles. The van der Waals surface area contributed by atoms with Crippen molar-refractivity contribution in [2.75, 3.05) is 0 Å². The van der Waals surface area contributed by atoms with Crippen molar-refractivity contribution in [1.29, 1.82) is 0 Å². The van der Waals surface area contributed by atoms with E-state index in [1.807, 2.05) is 0 Å². The third-order valence-electron chi connectivity index (χ3n) is 3.78. The van der Waals surface area contributed by atoms with E-state index in [-0.39, 0.29) is 0 Å². The summed E-state index contributed by atoms with van der Waals surface area (Å²) in [5.41, 5.74) is 7.45. The lowest BCUT2D eigenvalue weighted by molar-refractivity contribution is 0.927. The van der Waals surface area contributed by atoms with Crippen molar-refractivity contribution in [3.8, 4) is 0 Å². The highest BCUT2D eigenvalue weighted by atomic mass is 14.3. The molecule has 2 aliphatic carbocycles. The van der Waals surface area contributed by atoms with Gasteiger partial charge >= 0.3 is 0 Å². The van der Waals surface area contributed by atoms with Gasteiger partial charge in [0.2, 0.25) is 0 Å². The molecule has 76 valence electrons. The second kappa shape index (κ2) is 2.85. The minimum atomic E-state index is 0.510. The van der Waals surface area contributed by atoms with Crippen molar-refractivity contribution in [3.63, 3.8) is 0 Å². The van der Waals surface area contributed by atoms with Gasteiger partial charge in [0.1, 0.15) is 0 Å². The lowest BCUT2D eigenvalue weighted by Crippen LogP contribution is -2.10. The maximum Gasteiger partial charge on any atom is 0.0284 e. The van der Waals surface area contributed by atoms with E-state index in [1.54, 1.807) is 5.56 Å². The molecule has 2 aromatic carbocycles. The van der Waals surface area contributed by atoms with Gasteiger partial charge < -0.3 is 0 Å². The molecule has 0 nitrogen and oxygen atoms in total. The molecule has 0 aromatic heterocycles. The third-order valence-corrected chi connectivity index (χ3v) is 3.78. The van der Waals surface area contributed by atoms with Gasteiger partial charge in [-0.2, -0.15) is 0 Å². The summed E-state index contributed by atoms with van der Waals surface area (Å²) in [7, 11) is 0. The summed E-state index contributed by atoms with van der Waals surface area (Å²) in [6.45, 7) is 0. The fourth-order valence-electron chi connectivity index (χ4n) is 3.07. The van der Waals surface area contributed by atoms with Crippen LogP contribution in [0.1, 0.15) is 33.7 Å². The lowest BCUT2D eigenvalue weighted by Gasteiger charge is -2.24. The summed E-state index contributed by atoms with van der Waals surface area (Å²) in [4.78, 5) is 0. The second-order valence-corrected chi connectivity index (χ2v) is 4.63. The largest absolute Gasteiger partial charge is 0.0720 e. The Labute approximate surface area is 95.2 Å². The standard InChI is InChI=1S/C16H12/c1-2-7-14-12(4-1)10-13-6-3-5-11-8-9-15(14)16(11)13/h1-9,15H,10H2. The molecule has 0 saturated heterocycles. The topological polar surface area (TPSA) is 0 Å². The zero-order valence-corrected chi connectivity index (χ0v) is 8.98. The van der Waals surface area contributed by atoms with Crippen molar-refractivity contribution in [2.24, 2.45) is 0 Å². The molecule has 1 unspecified atom stereocenters. The van der Waals surface area contributed by atoms with Crippen LogP contribution in [0.15, 0.2) is 48.5 Å². The average Bonchev–Trinajstić information content (AvgIpc) is 2.76. The van der Waals surface area contributed by atoms with Gasteiger partial charge in [-0.05, 0) is 34.2 Å². The van der Waals surface area contributed by atoms with E-state index in [4.69, 9.17) is 0 Å². The molecular formula is C16H12. The first-order chi connectivity index (χ1) is 7.93. The van der Waals surface area contributed by atoms with Crippen molar-refractivity contribution in [2.45, 2.75) is 12.3 Å². The van der Waals surface area contributed by atoms with Gasteiger partial charge in [-0.3, -0.25) is 0 Å². The van der Waals surface area contributed by atoms with Crippen LogP contribution in [0.4, 0.5) is 0 Å². The number of hydrogen-bond acceptors (Lipinski definition) is 0. The Hall–Kier alpha value is -1.82. The van der Waals surface area contributed by atoms with Crippen molar-refractivity contribution >= 4 is 6.08 Å². The molecule has 0 fully saturated rings. The quantitative estimate of drug-likeness (QED) is 0.613. The maximum atomic E-state index is 2.34. The van der Waals surface area contributed by atoms with E-state index < -0.39 is 0 Å². The molecule has 0 saturated carbocycles. The molecule has 0 N–H and O–H groups in total. The molecule has 0 amide bonds. The molecule has 2 aromatic rings. The molecular weight excluding hydrogens is 192 g/mol. The smallest absolute Gasteiger partial charge is 0.0284 e. The molecule has 4 rings (SSSR count). The van der Waals surface area contributed by atoms with E-state index >= 15 is 0 Å². The molecule has 0 spiro atoms. The predicted octanol–water partition coefficient (Wildman–Crippen LogP) is 3.75. The van der Waals surface area contributed by atoms with Crippen LogP contribution in [-0.4, -0.2) is 0 Å². The fourth-order valence-corrected chi connectivity index (χ4v) is 3.07. The molecule has 0 aliphatic heterocycles.